The van der Waals surface area contributed by atoms with Crippen LogP contribution in [0.2, 0.25) is 0 Å². The normalized spacial score (nSPS) is 17.0. The zero-order valence-corrected chi connectivity index (χ0v) is 10.4. The van der Waals surface area contributed by atoms with E-state index in [0.717, 1.165) is 13.1 Å². The molecule has 0 saturated carbocycles. The van der Waals surface area contributed by atoms with Crippen molar-refractivity contribution in [3.8, 4) is 0 Å². The van der Waals surface area contributed by atoms with Gasteiger partial charge < -0.3 is 14.8 Å². The van der Waals surface area contributed by atoms with E-state index in [-0.39, 0.29) is 5.56 Å². The van der Waals surface area contributed by atoms with Crippen molar-refractivity contribution in [2.45, 2.75) is 19.3 Å². The molecule has 5 heteroatoms. The van der Waals surface area contributed by atoms with Gasteiger partial charge in [0.15, 0.2) is 5.82 Å². The lowest BCUT2D eigenvalue weighted by atomic mass is 10.1. The van der Waals surface area contributed by atoms with E-state index in [1.54, 1.807) is 19.4 Å². The first kappa shape index (κ1) is 12.1. The van der Waals surface area contributed by atoms with Gasteiger partial charge in [-0.3, -0.25) is 4.79 Å². The molecule has 0 unspecified atom stereocenters. The highest BCUT2D eigenvalue weighted by Crippen LogP contribution is 2.07. The lowest BCUT2D eigenvalue weighted by molar-refractivity contribution is 0.237. The Bertz CT molecular complexity index is 409. The first-order valence-electron chi connectivity index (χ1n) is 6.25. The van der Waals surface area contributed by atoms with Gasteiger partial charge in [0.25, 0.3) is 5.56 Å². The van der Waals surface area contributed by atoms with Gasteiger partial charge in [-0.15, -0.1) is 0 Å². The first-order chi connectivity index (χ1) is 8.27. The number of likely N-dealkylation sites (tertiary alicyclic amines) is 1. The Balaban J connectivity index is 1.81. The number of aryl methyl sites for hydroxylation is 1. The van der Waals surface area contributed by atoms with Crippen LogP contribution < -0.4 is 10.9 Å². The lowest BCUT2D eigenvalue weighted by Crippen LogP contribution is -2.34. The molecule has 94 valence electrons. The second kappa shape index (κ2) is 5.82. The summed E-state index contributed by atoms with van der Waals surface area (Å²) in [6.07, 6.45) is 7.25. The van der Waals surface area contributed by atoms with Crippen molar-refractivity contribution in [2.24, 2.45) is 7.05 Å². The van der Waals surface area contributed by atoms with Gasteiger partial charge in [0, 0.05) is 32.5 Å². The summed E-state index contributed by atoms with van der Waals surface area (Å²) in [5, 5.41) is 3.11. The van der Waals surface area contributed by atoms with Crippen molar-refractivity contribution in [1.29, 1.82) is 0 Å². The third-order valence-corrected chi connectivity index (χ3v) is 3.19. The van der Waals surface area contributed by atoms with Crippen LogP contribution in [0.1, 0.15) is 19.3 Å². The zero-order chi connectivity index (χ0) is 12.1. The fourth-order valence-electron chi connectivity index (χ4n) is 2.13. The SMILES string of the molecule is Cn1ccnc(NCCN2CCCCC2)c1=O. The Morgan fingerprint density at radius 1 is 1.35 bits per heavy atom. The van der Waals surface area contributed by atoms with E-state index in [2.05, 4.69) is 15.2 Å². The van der Waals surface area contributed by atoms with Crippen molar-refractivity contribution in [1.82, 2.24) is 14.5 Å². The van der Waals surface area contributed by atoms with E-state index in [1.165, 1.54) is 36.9 Å². The molecule has 2 rings (SSSR count). The molecule has 5 nitrogen and oxygen atoms in total. The summed E-state index contributed by atoms with van der Waals surface area (Å²) in [5.41, 5.74) is -0.0638. The molecule has 1 aliphatic heterocycles. The molecule has 0 bridgehead atoms. The molecule has 2 heterocycles. The zero-order valence-electron chi connectivity index (χ0n) is 10.4. The van der Waals surface area contributed by atoms with Crippen LogP contribution in [-0.2, 0) is 7.05 Å². The molecule has 0 spiro atoms. The van der Waals surface area contributed by atoms with Gasteiger partial charge in [-0.05, 0) is 25.9 Å². The van der Waals surface area contributed by atoms with E-state index in [9.17, 15) is 4.79 Å². The fourth-order valence-corrected chi connectivity index (χ4v) is 2.13. The molecule has 1 aliphatic rings. The Morgan fingerprint density at radius 3 is 2.88 bits per heavy atom. The van der Waals surface area contributed by atoms with Crippen molar-refractivity contribution >= 4 is 5.82 Å². The van der Waals surface area contributed by atoms with Gasteiger partial charge >= 0.3 is 0 Å². The molecule has 1 fully saturated rings. The predicted molar refractivity (Wildman–Crippen MR) is 68.3 cm³/mol. The molecule has 0 aromatic carbocycles. The highest BCUT2D eigenvalue weighted by Gasteiger charge is 2.09. The summed E-state index contributed by atoms with van der Waals surface area (Å²) >= 11 is 0. The smallest absolute Gasteiger partial charge is 0.293 e. The largest absolute Gasteiger partial charge is 0.364 e. The Labute approximate surface area is 101 Å². The van der Waals surface area contributed by atoms with Crippen molar-refractivity contribution in [3.05, 3.63) is 22.7 Å². The quantitative estimate of drug-likeness (QED) is 0.835. The maximum atomic E-state index is 11.7. The maximum Gasteiger partial charge on any atom is 0.293 e. The molecule has 1 aromatic rings. The van der Waals surface area contributed by atoms with Crippen molar-refractivity contribution < 1.29 is 0 Å². The van der Waals surface area contributed by atoms with Crippen LogP contribution >= 0.6 is 0 Å². The van der Waals surface area contributed by atoms with Crippen LogP contribution in [0.4, 0.5) is 5.82 Å². The average molecular weight is 236 g/mol. The molecule has 1 saturated heterocycles. The minimum absolute atomic E-state index is 0.0638. The van der Waals surface area contributed by atoms with E-state index in [1.807, 2.05) is 0 Å². The molecule has 0 aliphatic carbocycles. The van der Waals surface area contributed by atoms with Crippen LogP contribution in [0.25, 0.3) is 0 Å². The molecule has 0 atom stereocenters. The highest BCUT2D eigenvalue weighted by atomic mass is 16.1. The van der Waals surface area contributed by atoms with Gasteiger partial charge in [0.1, 0.15) is 0 Å². The molecular weight excluding hydrogens is 216 g/mol. The number of rotatable bonds is 4. The van der Waals surface area contributed by atoms with Crippen LogP contribution in [0.3, 0.4) is 0 Å². The van der Waals surface area contributed by atoms with Gasteiger partial charge in [0.05, 0.1) is 0 Å². The number of hydrogen-bond donors (Lipinski definition) is 1. The Morgan fingerprint density at radius 2 is 2.12 bits per heavy atom. The van der Waals surface area contributed by atoms with Crippen molar-refractivity contribution in [2.75, 3.05) is 31.5 Å². The second-order valence-corrected chi connectivity index (χ2v) is 4.52. The number of aromatic nitrogens is 2. The summed E-state index contributed by atoms with van der Waals surface area (Å²) in [6.45, 7) is 4.13. The molecule has 0 radical (unpaired) electrons. The number of nitrogens with one attached hydrogen (secondary N) is 1. The maximum absolute atomic E-state index is 11.7. The topological polar surface area (TPSA) is 50.2 Å². The minimum atomic E-state index is -0.0638. The lowest BCUT2D eigenvalue weighted by Gasteiger charge is -2.26. The van der Waals surface area contributed by atoms with Crippen LogP contribution in [-0.4, -0.2) is 40.6 Å². The molecule has 17 heavy (non-hydrogen) atoms. The number of hydrogen-bond acceptors (Lipinski definition) is 4. The molecule has 1 aromatic heterocycles. The number of nitrogens with zero attached hydrogens (tertiary/aromatic N) is 3. The van der Waals surface area contributed by atoms with Gasteiger partial charge in [-0.1, -0.05) is 6.42 Å². The summed E-state index contributed by atoms with van der Waals surface area (Å²) < 4.78 is 1.54. The monoisotopic (exact) mass is 236 g/mol. The van der Waals surface area contributed by atoms with E-state index in [0.29, 0.717) is 5.82 Å². The highest BCUT2D eigenvalue weighted by molar-refractivity contribution is 5.30. The molecular formula is C12H20N4O. The standard InChI is InChI=1S/C12H20N4O/c1-15-9-5-13-11(12(15)17)14-6-10-16-7-3-2-4-8-16/h5,9H,2-4,6-8,10H2,1H3,(H,13,14). The predicted octanol–water partition coefficient (Wildman–Crippen LogP) is 0.678. The van der Waals surface area contributed by atoms with Crippen LogP contribution in [0.5, 0.6) is 0 Å². The van der Waals surface area contributed by atoms with Gasteiger partial charge in [0.2, 0.25) is 0 Å². The fraction of sp³-hybridized carbons (Fsp3) is 0.667. The summed E-state index contributed by atoms with van der Waals surface area (Å²) in [5.74, 6) is 0.451. The first-order valence-corrected chi connectivity index (χ1v) is 6.25. The van der Waals surface area contributed by atoms with Crippen molar-refractivity contribution in [3.63, 3.8) is 0 Å². The molecule has 1 N–H and O–H groups in total. The Kier molecular flexibility index (Phi) is 4.14. The van der Waals surface area contributed by atoms with Gasteiger partial charge in [-0.25, -0.2) is 4.98 Å². The molecule has 0 amide bonds. The summed E-state index contributed by atoms with van der Waals surface area (Å²) in [6, 6.07) is 0. The van der Waals surface area contributed by atoms with Gasteiger partial charge in [-0.2, -0.15) is 0 Å². The summed E-state index contributed by atoms with van der Waals surface area (Å²) in [7, 11) is 1.74. The van der Waals surface area contributed by atoms with Crippen LogP contribution in [0, 0.1) is 0 Å². The second-order valence-electron chi connectivity index (χ2n) is 4.52. The third-order valence-electron chi connectivity index (χ3n) is 3.19. The summed E-state index contributed by atoms with van der Waals surface area (Å²) in [4.78, 5) is 18.2. The van der Waals surface area contributed by atoms with E-state index in [4.69, 9.17) is 0 Å². The number of anilines is 1. The number of piperidine rings is 1. The Hall–Kier alpha value is -1.36. The average Bonchev–Trinajstić information content (AvgIpc) is 2.36. The third kappa shape index (κ3) is 3.30. The van der Waals surface area contributed by atoms with Crippen LogP contribution in [0.15, 0.2) is 17.2 Å². The van der Waals surface area contributed by atoms with E-state index < -0.39 is 0 Å². The minimum Gasteiger partial charge on any atom is -0.364 e. The van der Waals surface area contributed by atoms with E-state index >= 15 is 0 Å².